The average Bonchev–Trinajstić information content (AvgIpc) is 3.12. The molecule has 1 aliphatic heterocycles. The van der Waals surface area contributed by atoms with E-state index in [0.29, 0.717) is 0 Å². The highest BCUT2D eigenvalue weighted by molar-refractivity contribution is 7.90. The molecule has 2 fully saturated rings. The van der Waals surface area contributed by atoms with Gasteiger partial charge in [-0.3, -0.25) is 10.1 Å². The van der Waals surface area contributed by atoms with Crippen molar-refractivity contribution in [3.05, 3.63) is 22.4 Å². The van der Waals surface area contributed by atoms with Gasteiger partial charge in [0.1, 0.15) is 16.0 Å². The van der Waals surface area contributed by atoms with Crippen LogP contribution in [0.25, 0.3) is 0 Å². The van der Waals surface area contributed by atoms with E-state index in [9.17, 15) is 13.2 Å². The summed E-state index contributed by atoms with van der Waals surface area (Å²) >= 11 is 1.59. The second-order valence-electron chi connectivity index (χ2n) is 6.02. The highest BCUT2D eigenvalue weighted by Gasteiger charge is 2.52. The van der Waals surface area contributed by atoms with Crippen molar-refractivity contribution in [1.29, 1.82) is 0 Å². The first kappa shape index (κ1) is 15.0. The number of rotatable bonds is 4. The van der Waals surface area contributed by atoms with E-state index in [1.54, 1.807) is 16.2 Å². The van der Waals surface area contributed by atoms with Crippen molar-refractivity contribution >= 4 is 27.1 Å². The van der Waals surface area contributed by atoms with Crippen LogP contribution in [-0.4, -0.2) is 43.3 Å². The van der Waals surface area contributed by atoms with Crippen molar-refractivity contribution in [3.63, 3.8) is 0 Å². The van der Waals surface area contributed by atoms with Crippen molar-refractivity contribution < 1.29 is 13.2 Å². The Morgan fingerprint density at radius 1 is 1.43 bits per heavy atom. The molecule has 7 heteroatoms. The molecule has 1 aromatic rings. The van der Waals surface area contributed by atoms with Gasteiger partial charge in [-0.05, 0) is 35.2 Å². The SMILES string of the molecule is CS(=O)(=O)CCN1C(=O)C2(CCCC2)NC1c1ccsc1. The van der Waals surface area contributed by atoms with Crippen LogP contribution in [0.15, 0.2) is 16.8 Å². The van der Waals surface area contributed by atoms with Crippen LogP contribution in [0.2, 0.25) is 0 Å². The highest BCUT2D eigenvalue weighted by atomic mass is 32.2. The first-order valence-electron chi connectivity index (χ1n) is 7.20. The Morgan fingerprint density at radius 3 is 2.71 bits per heavy atom. The van der Waals surface area contributed by atoms with Crippen molar-refractivity contribution in [1.82, 2.24) is 10.2 Å². The molecule has 2 heterocycles. The fraction of sp³-hybridized carbons (Fsp3) is 0.643. The lowest BCUT2D eigenvalue weighted by Gasteiger charge is -2.23. The van der Waals surface area contributed by atoms with Crippen molar-refractivity contribution in [2.24, 2.45) is 0 Å². The number of nitrogens with one attached hydrogen (secondary N) is 1. The second-order valence-corrected chi connectivity index (χ2v) is 9.06. The lowest BCUT2D eigenvalue weighted by atomic mass is 9.98. The van der Waals surface area contributed by atoms with Gasteiger partial charge in [-0.25, -0.2) is 8.42 Å². The summed E-state index contributed by atoms with van der Waals surface area (Å²) in [5, 5.41) is 7.50. The van der Waals surface area contributed by atoms with Gasteiger partial charge >= 0.3 is 0 Å². The van der Waals surface area contributed by atoms with Gasteiger partial charge in [-0.15, -0.1) is 0 Å². The van der Waals surface area contributed by atoms with E-state index in [4.69, 9.17) is 0 Å². The van der Waals surface area contributed by atoms with Gasteiger partial charge in [0.2, 0.25) is 5.91 Å². The van der Waals surface area contributed by atoms with Gasteiger partial charge in [0.15, 0.2) is 0 Å². The molecule has 1 unspecified atom stereocenters. The van der Waals surface area contributed by atoms with Gasteiger partial charge in [0.05, 0.1) is 11.3 Å². The monoisotopic (exact) mass is 328 g/mol. The standard InChI is InChI=1S/C14H20N2O3S2/c1-21(18,19)9-7-16-12(11-4-8-20-10-11)15-14(13(16)17)5-2-3-6-14/h4,8,10,12,15H,2-3,5-7,9H2,1H3. The third kappa shape index (κ3) is 2.86. The molecular weight excluding hydrogens is 308 g/mol. The highest BCUT2D eigenvalue weighted by Crippen LogP contribution is 2.41. The van der Waals surface area contributed by atoms with E-state index in [1.807, 2.05) is 16.8 Å². The maximum absolute atomic E-state index is 12.8. The fourth-order valence-corrected chi connectivity index (χ4v) is 4.53. The number of hydrogen-bond donors (Lipinski definition) is 1. The molecule has 1 atom stereocenters. The van der Waals surface area contributed by atoms with Crippen LogP contribution in [0.3, 0.4) is 0 Å². The minimum absolute atomic E-state index is 0.0110. The average molecular weight is 328 g/mol. The Labute approximate surface area is 129 Å². The number of carbonyl (C=O) groups is 1. The Bertz CT molecular complexity index is 619. The predicted octanol–water partition coefficient (Wildman–Crippen LogP) is 1.54. The van der Waals surface area contributed by atoms with Crippen LogP contribution in [0.5, 0.6) is 0 Å². The lowest BCUT2D eigenvalue weighted by Crippen LogP contribution is -2.44. The molecule has 5 nitrogen and oxygen atoms in total. The van der Waals surface area contributed by atoms with Crippen LogP contribution < -0.4 is 5.32 Å². The van der Waals surface area contributed by atoms with Crippen molar-refractivity contribution in [2.45, 2.75) is 37.4 Å². The van der Waals surface area contributed by atoms with Crippen molar-refractivity contribution in [2.75, 3.05) is 18.6 Å². The van der Waals surface area contributed by atoms with Gasteiger partial charge in [0, 0.05) is 12.8 Å². The van der Waals surface area contributed by atoms with E-state index in [2.05, 4.69) is 5.32 Å². The zero-order valence-electron chi connectivity index (χ0n) is 12.0. The van der Waals surface area contributed by atoms with Crippen LogP contribution in [0.4, 0.5) is 0 Å². The van der Waals surface area contributed by atoms with E-state index < -0.39 is 15.4 Å². The lowest BCUT2D eigenvalue weighted by molar-refractivity contribution is -0.133. The molecule has 1 saturated heterocycles. The first-order valence-corrected chi connectivity index (χ1v) is 10.2. The number of nitrogens with zero attached hydrogens (tertiary/aromatic N) is 1. The van der Waals surface area contributed by atoms with E-state index in [0.717, 1.165) is 31.2 Å². The van der Waals surface area contributed by atoms with E-state index in [-0.39, 0.29) is 24.4 Å². The molecular formula is C14H20N2O3S2. The fourth-order valence-electron chi connectivity index (χ4n) is 3.32. The summed E-state index contributed by atoms with van der Waals surface area (Å²) in [5.41, 5.74) is 0.579. The maximum atomic E-state index is 12.8. The largest absolute Gasteiger partial charge is 0.320 e. The molecule has 1 spiro atoms. The Morgan fingerprint density at radius 2 is 2.14 bits per heavy atom. The molecule has 1 aromatic heterocycles. The van der Waals surface area contributed by atoms with Crippen LogP contribution in [0, 0.1) is 0 Å². The number of hydrogen-bond acceptors (Lipinski definition) is 5. The Kier molecular flexibility index (Phi) is 3.83. The number of sulfone groups is 1. The summed E-state index contributed by atoms with van der Waals surface area (Å²) in [5.74, 6) is 0.0804. The van der Waals surface area contributed by atoms with Crippen LogP contribution in [0.1, 0.15) is 37.4 Å². The first-order chi connectivity index (χ1) is 9.91. The molecule has 2 aliphatic rings. The number of amides is 1. The minimum atomic E-state index is -3.08. The van der Waals surface area contributed by atoms with Gasteiger partial charge < -0.3 is 4.90 Å². The Balaban J connectivity index is 1.87. The molecule has 116 valence electrons. The zero-order chi connectivity index (χ0) is 15.1. The topological polar surface area (TPSA) is 66.5 Å². The van der Waals surface area contributed by atoms with Crippen LogP contribution in [-0.2, 0) is 14.6 Å². The quantitative estimate of drug-likeness (QED) is 0.910. The summed E-state index contributed by atoms with van der Waals surface area (Å²) < 4.78 is 22.9. The molecule has 0 bridgehead atoms. The van der Waals surface area contributed by atoms with Crippen molar-refractivity contribution in [3.8, 4) is 0 Å². The molecule has 0 aromatic carbocycles. The summed E-state index contributed by atoms with van der Waals surface area (Å²) in [6.07, 6.45) is 4.82. The number of carbonyl (C=O) groups excluding carboxylic acids is 1. The normalized spacial score (nSPS) is 25.1. The predicted molar refractivity (Wildman–Crippen MR) is 82.8 cm³/mol. The van der Waals surface area contributed by atoms with Gasteiger partial charge in [0.25, 0.3) is 0 Å². The van der Waals surface area contributed by atoms with E-state index in [1.165, 1.54) is 6.26 Å². The molecule has 1 aliphatic carbocycles. The molecule has 1 amide bonds. The molecule has 0 radical (unpaired) electrons. The third-order valence-electron chi connectivity index (χ3n) is 4.41. The molecule has 1 N–H and O–H groups in total. The number of thiophene rings is 1. The van der Waals surface area contributed by atoms with Crippen LogP contribution >= 0.6 is 11.3 Å². The second kappa shape index (κ2) is 5.37. The third-order valence-corrected chi connectivity index (χ3v) is 6.04. The summed E-state index contributed by atoms with van der Waals surface area (Å²) in [7, 11) is -3.08. The summed E-state index contributed by atoms with van der Waals surface area (Å²) in [4.78, 5) is 14.5. The smallest absolute Gasteiger partial charge is 0.244 e. The maximum Gasteiger partial charge on any atom is 0.244 e. The molecule has 3 rings (SSSR count). The van der Waals surface area contributed by atoms with Gasteiger partial charge in [-0.1, -0.05) is 12.8 Å². The van der Waals surface area contributed by atoms with E-state index >= 15 is 0 Å². The minimum Gasteiger partial charge on any atom is -0.320 e. The molecule has 1 saturated carbocycles. The molecule has 21 heavy (non-hydrogen) atoms. The summed E-state index contributed by atoms with van der Waals surface area (Å²) in [6, 6.07) is 2.00. The summed E-state index contributed by atoms with van der Waals surface area (Å²) in [6.45, 7) is 0.257. The van der Waals surface area contributed by atoms with Gasteiger partial charge in [-0.2, -0.15) is 11.3 Å². The Hall–Kier alpha value is -0.920. The zero-order valence-corrected chi connectivity index (χ0v) is 13.7.